The molecular weight excluding hydrogens is 290 g/mol. The van der Waals surface area contributed by atoms with Gasteiger partial charge in [-0.2, -0.15) is 0 Å². The predicted molar refractivity (Wildman–Crippen MR) is 79.3 cm³/mol. The molecule has 2 N–H and O–H groups in total. The molecule has 22 heavy (non-hydrogen) atoms. The second-order valence-corrected chi connectivity index (χ2v) is 5.50. The lowest BCUT2D eigenvalue weighted by Gasteiger charge is -2.22. The van der Waals surface area contributed by atoms with Gasteiger partial charge in [-0.1, -0.05) is 12.1 Å². The van der Waals surface area contributed by atoms with Crippen LogP contribution in [0.25, 0.3) is 0 Å². The summed E-state index contributed by atoms with van der Waals surface area (Å²) < 4.78 is 15.5. The second kappa shape index (κ2) is 7.53. The van der Waals surface area contributed by atoms with Crippen molar-refractivity contribution in [2.24, 2.45) is 0 Å². The van der Waals surface area contributed by atoms with Crippen molar-refractivity contribution >= 4 is 12.1 Å². The lowest BCUT2D eigenvalue weighted by molar-refractivity contribution is -0.140. The number of methoxy groups -OCH3 is 1. The Labute approximate surface area is 129 Å². The Morgan fingerprint density at radius 3 is 2.32 bits per heavy atom. The van der Waals surface area contributed by atoms with Crippen LogP contribution in [0, 0.1) is 0 Å². The number of carboxylic acids is 1. The van der Waals surface area contributed by atoms with Crippen LogP contribution >= 0.6 is 0 Å². The number of carboxylic acid groups (broad SMARTS) is 1. The van der Waals surface area contributed by atoms with E-state index in [1.54, 1.807) is 45.0 Å². The molecule has 0 fully saturated rings. The lowest BCUT2D eigenvalue weighted by atomic mass is 10.2. The molecule has 1 rings (SSSR count). The third-order valence-electron chi connectivity index (χ3n) is 2.46. The highest BCUT2D eigenvalue weighted by Crippen LogP contribution is 2.25. The maximum absolute atomic E-state index is 11.6. The van der Waals surface area contributed by atoms with E-state index in [0.29, 0.717) is 11.5 Å². The van der Waals surface area contributed by atoms with Gasteiger partial charge in [-0.25, -0.2) is 9.59 Å². The zero-order valence-corrected chi connectivity index (χ0v) is 13.1. The van der Waals surface area contributed by atoms with Crippen molar-refractivity contribution in [1.82, 2.24) is 5.32 Å². The van der Waals surface area contributed by atoms with E-state index in [9.17, 15) is 9.59 Å². The Morgan fingerprint density at radius 2 is 1.82 bits per heavy atom. The average molecular weight is 311 g/mol. The molecule has 0 unspecified atom stereocenters. The molecule has 1 amide bonds. The molecule has 1 aromatic carbocycles. The van der Waals surface area contributed by atoms with Gasteiger partial charge in [-0.05, 0) is 32.9 Å². The number of para-hydroxylation sites is 2. The number of carbonyl (C=O) groups is 2. The van der Waals surface area contributed by atoms with Crippen molar-refractivity contribution in [2.45, 2.75) is 32.4 Å². The van der Waals surface area contributed by atoms with Crippen LogP contribution in [0.1, 0.15) is 20.8 Å². The molecule has 1 atom stereocenters. The highest BCUT2D eigenvalue weighted by Gasteiger charge is 2.24. The van der Waals surface area contributed by atoms with E-state index in [2.05, 4.69) is 5.32 Å². The smallest absolute Gasteiger partial charge is 0.408 e. The fourth-order valence-corrected chi connectivity index (χ4v) is 1.54. The maximum atomic E-state index is 11.6. The summed E-state index contributed by atoms with van der Waals surface area (Å²) in [6, 6.07) is 5.59. The van der Waals surface area contributed by atoms with E-state index < -0.39 is 23.7 Å². The molecule has 7 nitrogen and oxygen atoms in total. The van der Waals surface area contributed by atoms with Crippen molar-refractivity contribution < 1.29 is 28.9 Å². The van der Waals surface area contributed by atoms with Crippen molar-refractivity contribution in [3.8, 4) is 11.5 Å². The van der Waals surface area contributed by atoms with Crippen molar-refractivity contribution in [3.05, 3.63) is 24.3 Å². The first-order valence-electron chi connectivity index (χ1n) is 6.71. The third-order valence-corrected chi connectivity index (χ3v) is 2.46. The topological polar surface area (TPSA) is 94.1 Å². The van der Waals surface area contributed by atoms with Gasteiger partial charge in [-0.15, -0.1) is 0 Å². The molecule has 7 heteroatoms. The van der Waals surface area contributed by atoms with Gasteiger partial charge < -0.3 is 24.6 Å². The van der Waals surface area contributed by atoms with E-state index in [-0.39, 0.29) is 6.61 Å². The van der Waals surface area contributed by atoms with Crippen LogP contribution in [-0.4, -0.2) is 42.5 Å². The summed E-state index contributed by atoms with van der Waals surface area (Å²) in [5.74, 6) is -0.355. The van der Waals surface area contributed by atoms with Crippen LogP contribution < -0.4 is 14.8 Å². The van der Waals surface area contributed by atoms with E-state index in [4.69, 9.17) is 19.3 Å². The Balaban J connectivity index is 2.65. The molecule has 0 spiro atoms. The first-order valence-corrected chi connectivity index (χ1v) is 6.71. The molecule has 0 bridgehead atoms. The van der Waals surface area contributed by atoms with Crippen LogP contribution in [0.5, 0.6) is 11.5 Å². The average Bonchev–Trinajstić information content (AvgIpc) is 2.41. The highest BCUT2D eigenvalue weighted by atomic mass is 16.6. The Hall–Kier alpha value is -2.44. The number of ether oxygens (including phenoxy) is 3. The first kappa shape index (κ1) is 17.6. The fraction of sp³-hybridized carbons (Fsp3) is 0.467. The molecule has 0 aliphatic rings. The molecule has 0 aliphatic heterocycles. The summed E-state index contributed by atoms with van der Waals surface area (Å²) in [6.07, 6.45) is -0.816. The van der Waals surface area contributed by atoms with Gasteiger partial charge in [0, 0.05) is 0 Å². The number of benzene rings is 1. The monoisotopic (exact) mass is 311 g/mol. The quantitative estimate of drug-likeness (QED) is 0.835. The Morgan fingerprint density at radius 1 is 1.23 bits per heavy atom. The SMILES string of the molecule is COc1ccccc1OC[C@H](NC(=O)OC(C)(C)C)C(=O)O. The molecule has 122 valence electrons. The number of carbonyl (C=O) groups excluding carboxylic acids is 1. The Bertz CT molecular complexity index is 523. The second-order valence-electron chi connectivity index (χ2n) is 5.50. The summed E-state index contributed by atoms with van der Waals surface area (Å²) in [5.41, 5.74) is -0.712. The summed E-state index contributed by atoms with van der Waals surface area (Å²) in [4.78, 5) is 22.8. The predicted octanol–water partition coefficient (Wildman–Crippen LogP) is 2.05. The molecule has 0 saturated heterocycles. The van der Waals surface area contributed by atoms with Gasteiger partial charge in [0.05, 0.1) is 7.11 Å². The van der Waals surface area contributed by atoms with Crippen LogP contribution in [0.3, 0.4) is 0 Å². The van der Waals surface area contributed by atoms with E-state index >= 15 is 0 Å². The zero-order valence-electron chi connectivity index (χ0n) is 13.1. The fourth-order valence-electron chi connectivity index (χ4n) is 1.54. The Kier molecular flexibility index (Phi) is 6.03. The van der Waals surface area contributed by atoms with Gasteiger partial charge in [-0.3, -0.25) is 0 Å². The molecule has 0 aliphatic carbocycles. The minimum Gasteiger partial charge on any atom is -0.493 e. The van der Waals surface area contributed by atoms with Crippen molar-refractivity contribution in [1.29, 1.82) is 0 Å². The van der Waals surface area contributed by atoms with Crippen LogP contribution in [-0.2, 0) is 9.53 Å². The van der Waals surface area contributed by atoms with E-state index in [0.717, 1.165) is 0 Å². The van der Waals surface area contributed by atoms with Gasteiger partial charge in [0.1, 0.15) is 12.2 Å². The largest absolute Gasteiger partial charge is 0.493 e. The number of nitrogens with one attached hydrogen (secondary N) is 1. The molecule has 0 saturated carbocycles. The number of rotatable bonds is 6. The van der Waals surface area contributed by atoms with Gasteiger partial charge >= 0.3 is 12.1 Å². The number of amides is 1. The lowest BCUT2D eigenvalue weighted by Crippen LogP contribution is -2.46. The van der Waals surface area contributed by atoms with Gasteiger partial charge in [0.15, 0.2) is 17.5 Å². The highest BCUT2D eigenvalue weighted by molar-refractivity contribution is 5.80. The molecule has 0 heterocycles. The summed E-state index contributed by atoms with van der Waals surface area (Å²) in [7, 11) is 1.48. The molecule has 1 aromatic rings. The van der Waals surface area contributed by atoms with E-state index in [1.165, 1.54) is 7.11 Å². The number of aliphatic carboxylic acids is 1. The van der Waals surface area contributed by atoms with E-state index in [1.807, 2.05) is 0 Å². The summed E-state index contributed by atoms with van der Waals surface area (Å²) >= 11 is 0. The van der Waals surface area contributed by atoms with Crippen LogP contribution in [0.15, 0.2) is 24.3 Å². The summed E-state index contributed by atoms with van der Waals surface area (Å²) in [6.45, 7) is 4.81. The number of hydrogen-bond acceptors (Lipinski definition) is 5. The normalized spacial score (nSPS) is 12.2. The third kappa shape index (κ3) is 5.90. The first-order chi connectivity index (χ1) is 10.2. The number of alkyl carbamates (subject to hydrolysis) is 1. The maximum Gasteiger partial charge on any atom is 0.408 e. The van der Waals surface area contributed by atoms with Crippen molar-refractivity contribution in [2.75, 3.05) is 13.7 Å². The van der Waals surface area contributed by atoms with Crippen LogP contribution in [0.2, 0.25) is 0 Å². The molecule has 0 radical (unpaired) electrons. The molecule has 0 aromatic heterocycles. The van der Waals surface area contributed by atoms with Crippen LogP contribution in [0.4, 0.5) is 4.79 Å². The summed E-state index contributed by atoms with van der Waals surface area (Å²) in [5, 5.41) is 11.4. The standard InChI is InChI=1S/C15H21NO6/c1-15(2,3)22-14(19)16-10(13(17)18)9-21-12-8-6-5-7-11(12)20-4/h5-8,10H,9H2,1-4H3,(H,16,19)(H,17,18)/t10-/m0/s1. The molecular formula is C15H21NO6. The zero-order chi connectivity index (χ0) is 16.8. The number of hydrogen-bond donors (Lipinski definition) is 2. The van der Waals surface area contributed by atoms with Gasteiger partial charge in [0.2, 0.25) is 0 Å². The van der Waals surface area contributed by atoms with Crippen molar-refractivity contribution in [3.63, 3.8) is 0 Å². The minimum atomic E-state index is -1.24. The minimum absolute atomic E-state index is 0.255. The van der Waals surface area contributed by atoms with Gasteiger partial charge in [0.25, 0.3) is 0 Å².